The number of ether oxygens (including phenoxy) is 1. The molecule has 2 aromatic carbocycles. The zero-order valence-electron chi connectivity index (χ0n) is 15.2. The molecule has 27 heavy (non-hydrogen) atoms. The number of anilines is 2. The molecule has 0 atom stereocenters. The van der Waals surface area contributed by atoms with Crippen LogP contribution in [0.4, 0.5) is 11.4 Å². The van der Waals surface area contributed by atoms with Crippen LogP contribution in [-0.2, 0) is 14.3 Å². The van der Waals surface area contributed by atoms with Crippen LogP contribution in [0.2, 0.25) is 0 Å². The molecule has 0 unspecified atom stereocenters. The highest BCUT2D eigenvalue weighted by atomic mass is 32.2. The summed E-state index contributed by atoms with van der Waals surface area (Å²) in [6.45, 7) is 3.55. The van der Waals surface area contributed by atoms with E-state index in [9.17, 15) is 14.4 Å². The van der Waals surface area contributed by atoms with Crippen molar-refractivity contribution in [2.45, 2.75) is 20.0 Å². The number of nitrogens with one attached hydrogen (secondary N) is 2. The van der Waals surface area contributed by atoms with E-state index in [4.69, 9.17) is 4.74 Å². The minimum absolute atomic E-state index is 0.128. The monoisotopic (exact) mass is 386 g/mol. The Morgan fingerprint density at radius 2 is 1.48 bits per heavy atom. The van der Waals surface area contributed by atoms with Crippen molar-refractivity contribution in [1.29, 1.82) is 0 Å². The normalized spacial score (nSPS) is 10.3. The number of benzene rings is 2. The third kappa shape index (κ3) is 7.53. The van der Waals surface area contributed by atoms with Crippen molar-refractivity contribution in [3.63, 3.8) is 0 Å². The molecular formula is C20H22N2O4S. The number of hydrogen-bond acceptors (Lipinski definition) is 5. The molecule has 2 rings (SSSR count). The van der Waals surface area contributed by atoms with Gasteiger partial charge in [0.25, 0.3) is 0 Å². The molecule has 7 heteroatoms. The van der Waals surface area contributed by atoms with Gasteiger partial charge in [-0.2, -0.15) is 0 Å². The van der Waals surface area contributed by atoms with Gasteiger partial charge >= 0.3 is 5.97 Å². The number of carbonyl (C=O) groups is 3. The van der Waals surface area contributed by atoms with E-state index in [1.807, 2.05) is 18.2 Å². The average Bonchev–Trinajstić information content (AvgIpc) is 2.62. The zero-order valence-corrected chi connectivity index (χ0v) is 16.0. The molecule has 0 fully saturated rings. The molecule has 0 spiro atoms. The highest BCUT2D eigenvalue weighted by molar-refractivity contribution is 8.00. The van der Waals surface area contributed by atoms with Crippen LogP contribution in [0.5, 0.6) is 0 Å². The van der Waals surface area contributed by atoms with E-state index >= 15 is 0 Å². The number of rotatable bonds is 8. The fourth-order valence-corrected chi connectivity index (χ4v) is 2.78. The summed E-state index contributed by atoms with van der Waals surface area (Å²) >= 11 is 1.21. The molecule has 0 aromatic heterocycles. The lowest BCUT2D eigenvalue weighted by Crippen LogP contribution is -2.18. The summed E-state index contributed by atoms with van der Waals surface area (Å²) in [7, 11) is 0. The SMILES string of the molecule is CC(C)OC(=O)c1cccc(NC(=O)CSCC(=O)Nc2ccccc2)c1. The minimum atomic E-state index is -0.437. The van der Waals surface area contributed by atoms with Gasteiger partial charge in [0.05, 0.1) is 23.2 Å². The van der Waals surface area contributed by atoms with Gasteiger partial charge in [-0.25, -0.2) is 4.79 Å². The number of esters is 1. The van der Waals surface area contributed by atoms with Gasteiger partial charge < -0.3 is 15.4 Å². The summed E-state index contributed by atoms with van der Waals surface area (Å²) in [5, 5.41) is 5.47. The first kappa shape index (κ1) is 20.5. The third-order valence-electron chi connectivity index (χ3n) is 3.25. The topological polar surface area (TPSA) is 84.5 Å². The van der Waals surface area contributed by atoms with Crippen LogP contribution in [0.15, 0.2) is 54.6 Å². The van der Waals surface area contributed by atoms with Crippen molar-refractivity contribution in [1.82, 2.24) is 0 Å². The van der Waals surface area contributed by atoms with Crippen molar-refractivity contribution < 1.29 is 19.1 Å². The second kappa shape index (κ2) is 10.4. The third-order valence-corrected chi connectivity index (χ3v) is 4.18. The lowest BCUT2D eigenvalue weighted by atomic mass is 10.2. The summed E-state index contributed by atoms with van der Waals surface area (Å²) in [4.78, 5) is 35.8. The van der Waals surface area contributed by atoms with Crippen molar-refractivity contribution in [2.75, 3.05) is 22.1 Å². The first-order valence-electron chi connectivity index (χ1n) is 8.47. The van der Waals surface area contributed by atoms with Crippen LogP contribution in [0.1, 0.15) is 24.2 Å². The van der Waals surface area contributed by atoms with Crippen LogP contribution in [0.25, 0.3) is 0 Å². The first-order valence-corrected chi connectivity index (χ1v) is 9.63. The number of amides is 2. The Balaban J connectivity index is 1.77. The van der Waals surface area contributed by atoms with Crippen molar-refractivity contribution in [3.05, 3.63) is 60.2 Å². The quantitative estimate of drug-likeness (QED) is 0.678. The van der Waals surface area contributed by atoms with Crippen molar-refractivity contribution >= 4 is 40.9 Å². The molecule has 142 valence electrons. The Hall–Kier alpha value is -2.80. The molecule has 0 aliphatic carbocycles. The average molecular weight is 386 g/mol. The van der Waals surface area contributed by atoms with Gasteiger partial charge in [0.2, 0.25) is 11.8 Å². The molecule has 0 saturated heterocycles. The maximum atomic E-state index is 12.0. The largest absolute Gasteiger partial charge is 0.459 e. The van der Waals surface area contributed by atoms with Gasteiger partial charge in [0.15, 0.2) is 0 Å². The van der Waals surface area contributed by atoms with E-state index in [1.165, 1.54) is 11.8 Å². The summed E-state index contributed by atoms with van der Waals surface area (Å²) in [6.07, 6.45) is -0.214. The van der Waals surface area contributed by atoms with E-state index in [0.717, 1.165) is 5.69 Å². The lowest BCUT2D eigenvalue weighted by Gasteiger charge is -2.10. The molecule has 0 radical (unpaired) electrons. The Labute approximate surface area is 162 Å². The van der Waals surface area contributed by atoms with Crippen LogP contribution in [0, 0.1) is 0 Å². The number of para-hydroxylation sites is 1. The van der Waals surface area contributed by atoms with Gasteiger partial charge in [0, 0.05) is 11.4 Å². The van der Waals surface area contributed by atoms with Crippen molar-refractivity contribution in [2.24, 2.45) is 0 Å². The van der Waals surface area contributed by atoms with E-state index < -0.39 is 5.97 Å². The Kier molecular flexibility index (Phi) is 7.88. The predicted molar refractivity (Wildman–Crippen MR) is 108 cm³/mol. The lowest BCUT2D eigenvalue weighted by molar-refractivity contribution is -0.114. The van der Waals surface area contributed by atoms with E-state index in [2.05, 4.69) is 10.6 Å². The Morgan fingerprint density at radius 3 is 2.11 bits per heavy atom. The Morgan fingerprint density at radius 1 is 0.889 bits per heavy atom. The molecular weight excluding hydrogens is 364 g/mol. The molecule has 6 nitrogen and oxygen atoms in total. The zero-order chi connectivity index (χ0) is 19.6. The summed E-state index contributed by atoms with van der Waals surface area (Å²) in [5.41, 5.74) is 1.60. The summed E-state index contributed by atoms with van der Waals surface area (Å²) < 4.78 is 5.14. The fourth-order valence-electron chi connectivity index (χ4n) is 2.16. The molecule has 0 saturated carbocycles. The molecule has 2 amide bonds. The van der Waals surface area contributed by atoms with E-state index in [1.54, 1.807) is 50.2 Å². The van der Waals surface area contributed by atoms with Crippen LogP contribution >= 0.6 is 11.8 Å². The van der Waals surface area contributed by atoms with Crippen LogP contribution in [-0.4, -0.2) is 35.4 Å². The molecule has 0 aliphatic heterocycles. The highest BCUT2D eigenvalue weighted by Gasteiger charge is 2.11. The maximum Gasteiger partial charge on any atom is 0.338 e. The highest BCUT2D eigenvalue weighted by Crippen LogP contribution is 2.13. The fraction of sp³-hybridized carbons (Fsp3) is 0.250. The minimum Gasteiger partial charge on any atom is -0.459 e. The number of thioether (sulfide) groups is 1. The standard InChI is InChI=1S/C20H22N2O4S/c1-14(2)26-20(25)15-7-6-10-17(11-15)22-19(24)13-27-12-18(23)21-16-8-4-3-5-9-16/h3-11,14H,12-13H2,1-2H3,(H,21,23)(H,22,24). The number of hydrogen-bond donors (Lipinski definition) is 2. The van der Waals surface area contributed by atoms with E-state index in [0.29, 0.717) is 11.3 Å². The Bertz CT molecular complexity index is 794. The van der Waals surface area contributed by atoms with Gasteiger partial charge in [-0.15, -0.1) is 11.8 Å². The van der Waals surface area contributed by atoms with Crippen LogP contribution in [0.3, 0.4) is 0 Å². The molecule has 0 aliphatic rings. The second-order valence-corrected chi connectivity index (χ2v) is 6.98. The molecule has 0 heterocycles. The molecule has 2 aromatic rings. The molecule has 0 bridgehead atoms. The predicted octanol–water partition coefficient (Wildman–Crippen LogP) is 3.56. The summed E-state index contributed by atoms with van der Waals surface area (Å²) in [6, 6.07) is 15.7. The smallest absolute Gasteiger partial charge is 0.338 e. The number of carbonyl (C=O) groups excluding carboxylic acids is 3. The van der Waals surface area contributed by atoms with Gasteiger partial charge in [-0.3, -0.25) is 9.59 Å². The maximum absolute atomic E-state index is 12.0. The van der Waals surface area contributed by atoms with Gasteiger partial charge in [0.1, 0.15) is 0 Å². The van der Waals surface area contributed by atoms with E-state index in [-0.39, 0.29) is 29.4 Å². The summed E-state index contributed by atoms with van der Waals surface area (Å²) in [5.74, 6) is -0.557. The van der Waals surface area contributed by atoms with Crippen LogP contribution < -0.4 is 10.6 Å². The van der Waals surface area contributed by atoms with Crippen molar-refractivity contribution in [3.8, 4) is 0 Å². The molecule has 2 N–H and O–H groups in total. The van der Waals surface area contributed by atoms with Gasteiger partial charge in [-0.1, -0.05) is 24.3 Å². The van der Waals surface area contributed by atoms with Gasteiger partial charge in [-0.05, 0) is 44.2 Å². The second-order valence-electron chi connectivity index (χ2n) is 5.99. The first-order chi connectivity index (χ1) is 12.9.